The number of hydrogen-bond donors (Lipinski definition) is 0. The molecule has 1 aliphatic rings. The molecule has 3 aromatic carbocycles. The minimum atomic E-state index is 0.909. The molecule has 0 aromatic heterocycles. The highest BCUT2D eigenvalue weighted by atomic mass is 16.5. The lowest BCUT2D eigenvalue weighted by Crippen LogP contribution is -2.00. The molecular weight excluding hydrogens is 232 g/mol. The molecule has 1 aliphatic heterocycles. The summed E-state index contributed by atoms with van der Waals surface area (Å²) < 4.78 is 6.05. The van der Waals surface area contributed by atoms with Gasteiger partial charge in [-0.15, -0.1) is 0 Å². The number of rotatable bonds is 1. The second-order valence-electron chi connectivity index (χ2n) is 4.68. The lowest BCUT2D eigenvalue weighted by Gasteiger charge is -2.19. The van der Waals surface area contributed by atoms with Gasteiger partial charge in [-0.2, -0.15) is 0 Å². The predicted octanol–water partition coefficient (Wildman–Crippen LogP) is 4.73. The van der Waals surface area contributed by atoms with Gasteiger partial charge in [-0.1, -0.05) is 60.7 Å². The Morgan fingerprint density at radius 2 is 1.47 bits per heavy atom. The first kappa shape index (κ1) is 10.4. The first-order chi connectivity index (χ1) is 9.42. The van der Waals surface area contributed by atoms with Gasteiger partial charge >= 0.3 is 0 Å². The second kappa shape index (κ2) is 3.99. The minimum absolute atomic E-state index is 0.909. The van der Waals surface area contributed by atoms with Crippen molar-refractivity contribution in [1.82, 2.24) is 0 Å². The van der Waals surface area contributed by atoms with Crippen LogP contribution in [0.2, 0.25) is 0 Å². The summed E-state index contributed by atoms with van der Waals surface area (Å²) in [6.07, 6.45) is 2.12. The van der Waals surface area contributed by atoms with Crippen LogP contribution in [-0.2, 0) is 0 Å². The second-order valence-corrected chi connectivity index (χ2v) is 4.68. The van der Waals surface area contributed by atoms with E-state index in [-0.39, 0.29) is 0 Å². The highest BCUT2D eigenvalue weighted by molar-refractivity contribution is 6.01. The van der Waals surface area contributed by atoms with E-state index in [2.05, 4.69) is 42.5 Å². The average molecular weight is 244 g/mol. The van der Waals surface area contributed by atoms with Gasteiger partial charge < -0.3 is 4.74 Å². The summed E-state index contributed by atoms with van der Waals surface area (Å²) in [5.74, 6) is 1.85. The Balaban J connectivity index is 1.96. The van der Waals surface area contributed by atoms with Crippen LogP contribution in [0, 0.1) is 0 Å². The fourth-order valence-corrected chi connectivity index (χ4v) is 2.57. The molecule has 0 unspecified atom stereocenters. The minimum Gasteiger partial charge on any atom is -0.456 e. The van der Waals surface area contributed by atoms with E-state index in [9.17, 15) is 0 Å². The molecule has 0 atom stereocenters. The number of benzene rings is 3. The molecule has 1 nitrogen and oxygen atoms in total. The monoisotopic (exact) mass is 244 g/mol. The van der Waals surface area contributed by atoms with Crippen molar-refractivity contribution >= 4 is 22.6 Å². The molecule has 0 saturated carbocycles. The van der Waals surface area contributed by atoms with Crippen molar-refractivity contribution < 1.29 is 4.74 Å². The van der Waals surface area contributed by atoms with Crippen LogP contribution in [0.3, 0.4) is 0 Å². The number of hydrogen-bond acceptors (Lipinski definition) is 1. The van der Waals surface area contributed by atoms with Crippen LogP contribution in [0.5, 0.6) is 5.75 Å². The summed E-state index contributed by atoms with van der Waals surface area (Å²) in [6.45, 7) is 0. The molecule has 0 amide bonds. The zero-order valence-corrected chi connectivity index (χ0v) is 10.3. The van der Waals surface area contributed by atoms with Gasteiger partial charge in [0.1, 0.15) is 11.5 Å². The maximum absolute atomic E-state index is 6.05. The summed E-state index contributed by atoms with van der Waals surface area (Å²) >= 11 is 0. The molecule has 4 rings (SSSR count). The third-order valence-electron chi connectivity index (χ3n) is 3.46. The third kappa shape index (κ3) is 1.63. The quantitative estimate of drug-likeness (QED) is 0.601. The molecule has 1 heteroatoms. The maximum Gasteiger partial charge on any atom is 0.135 e. The zero-order chi connectivity index (χ0) is 12.7. The van der Waals surface area contributed by atoms with Crippen molar-refractivity contribution in [2.24, 2.45) is 0 Å². The first-order valence-corrected chi connectivity index (χ1v) is 6.38. The Morgan fingerprint density at radius 3 is 2.32 bits per heavy atom. The molecule has 0 bridgehead atoms. The normalized spacial score (nSPS) is 12.9. The molecule has 0 fully saturated rings. The van der Waals surface area contributed by atoms with Crippen molar-refractivity contribution in [3.63, 3.8) is 0 Å². The van der Waals surface area contributed by atoms with Crippen LogP contribution in [-0.4, -0.2) is 0 Å². The Bertz CT molecular complexity index is 780. The fraction of sp³-hybridized carbons (Fsp3) is 0. The molecule has 0 saturated heterocycles. The molecule has 90 valence electrons. The molecule has 19 heavy (non-hydrogen) atoms. The largest absolute Gasteiger partial charge is 0.456 e. The average Bonchev–Trinajstić information content (AvgIpc) is 2.49. The lowest BCUT2D eigenvalue weighted by molar-refractivity contribution is 0.521. The fourth-order valence-electron chi connectivity index (χ4n) is 2.57. The molecular formula is C18H12O. The first-order valence-electron chi connectivity index (χ1n) is 6.38. The van der Waals surface area contributed by atoms with E-state index in [1.807, 2.05) is 30.3 Å². The van der Waals surface area contributed by atoms with Gasteiger partial charge in [0.05, 0.1) is 0 Å². The highest BCUT2D eigenvalue weighted by Crippen LogP contribution is 2.37. The molecule has 0 spiro atoms. The summed E-state index contributed by atoms with van der Waals surface area (Å²) in [7, 11) is 0. The van der Waals surface area contributed by atoms with Crippen molar-refractivity contribution in [2.75, 3.05) is 0 Å². The van der Waals surface area contributed by atoms with Crippen molar-refractivity contribution in [3.05, 3.63) is 77.9 Å². The van der Waals surface area contributed by atoms with Crippen LogP contribution in [0.15, 0.2) is 66.7 Å². The lowest BCUT2D eigenvalue weighted by atomic mass is 9.99. The highest BCUT2D eigenvalue weighted by Gasteiger charge is 2.15. The van der Waals surface area contributed by atoms with Crippen molar-refractivity contribution in [2.45, 2.75) is 0 Å². The van der Waals surface area contributed by atoms with Crippen LogP contribution < -0.4 is 4.74 Å². The summed E-state index contributed by atoms with van der Waals surface area (Å²) in [6, 6.07) is 22.7. The van der Waals surface area contributed by atoms with E-state index in [0.29, 0.717) is 0 Å². The van der Waals surface area contributed by atoms with Crippen LogP contribution >= 0.6 is 0 Å². The predicted molar refractivity (Wildman–Crippen MR) is 78.9 cm³/mol. The Morgan fingerprint density at radius 1 is 0.684 bits per heavy atom. The summed E-state index contributed by atoms with van der Waals surface area (Å²) in [5, 5.41) is 2.42. The Kier molecular flexibility index (Phi) is 2.18. The van der Waals surface area contributed by atoms with Crippen LogP contribution in [0.1, 0.15) is 11.1 Å². The third-order valence-corrected chi connectivity index (χ3v) is 3.46. The Labute approximate surface area is 111 Å². The summed E-state index contributed by atoms with van der Waals surface area (Å²) in [4.78, 5) is 0. The molecule has 0 N–H and O–H groups in total. The van der Waals surface area contributed by atoms with Gasteiger partial charge in [-0.25, -0.2) is 0 Å². The van der Waals surface area contributed by atoms with Gasteiger partial charge in [-0.3, -0.25) is 0 Å². The van der Waals surface area contributed by atoms with Gasteiger partial charge in [0.25, 0.3) is 0 Å². The van der Waals surface area contributed by atoms with E-state index < -0.39 is 0 Å². The van der Waals surface area contributed by atoms with E-state index in [1.54, 1.807) is 0 Å². The van der Waals surface area contributed by atoms with Gasteiger partial charge in [0.2, 0.25) is 0 Å². The van der Waals surface area contributed by atoms with Crippen LogP contribution in [0.4, 0.5) is 0 Å². The molecule has 1 heterocycles. The zero-order valence-electron chi connectivity index (χ0n) is 10.3. The van der Waals surface area contributed by atoms with E-state index in [1.165, 1.54) is 16.3 Å². The van der Waals surface area contributed by atoms with Gasteiger partial charge in [-0.05, 0) is 23.1 Å². The van der Waals surface area contributed by atoms with Crippen LogP contribution in [0.25, 0.3) is 22.6 Å². The molecule has 3 aromatic rings. The maximum atomic E-state index is 6.05. The van der Waals surface area contributed by atoms with Gasteiger partial charge in [0.15, 0.2) is 0 Å². The van der Waals surface area contributed by atoms with Gasteiger partial charge in [0, 0.05) is 10.9 Å². The number of ether oxygens (including phenoxy) is 1. The Hall–Kier alpha value is -2.54. The van der Waals surface area contributed by atoms with Crippen molar-refractivity contribution in [1.29, 1.82) is 0 Å². The van der Waals surface area contributed by atoms with Crippen molar-refractivity contribution in [3.8, 4) is 5.75 Å². The SMILES string of the molecule is C1=C(c2ccccc2)Oc2cccc3cccc1c23. The van der Waals surface area contributed by atoms with E-state index >= 15 is 0 Å². The standard InChI is InChI=1S/C18H12O/c1-2-6-13(7-3-1)17-12-15-10-4-8-14-9-5-11-16(19-17)18(14)15/h1-12H. The summed E-state index contributed by atoms with van der Waals surface area (Å²) in [5.41, 5.74) is 2.33. The topological polar surface area (TPSA) is 9.23 Å². The molecule has 0 radical (unpaired) electrons. The van der Waals surface area contributed by atoms with E-state index in [4.69, 9.17) is 4.74 Å². The molecule has 0 aliphatic carbocycles. The smallest absolute Gasteiger partial charge is 0.135 e. The van der Waals surface area contributed by atoms with E-state index in [0.717, 1.165) is 17.1 Å².